The van der Waals surface area contributed by atoms with E-state index in [0.717, 1.165) is 30.8 Å². The van der Waals surface area contributed by atoms with Gasteiger partial charge in [0.05, 0.1) is 19.1 Å². The largest absolute Gasteiger partial charge is 0.493 e. The molecule has 2 aromatic rings. The Bertz CT molecular complexity index is 1010. The molecule has 2 N–H and O–H groups in total. The molecule has 0 aromatic heterocycles. The molecule has 0 atom stereocenters. The summed E-state index contributed by atoms with van der Waals surface area (Å²) in [7, 11) is 1.13. The summed E-state index contributed by atoms with van der Waals surface area (Å²) in [6, 6.07) is 9.86. The standard InChI is InChI=1S/C21H27N3O5S/c1-22-21(25)15-4-6-18(7-5-15)30(26,27)23-9-11-24-10-8-16-12-19(28-2)20(29-3)13-17(16)14-24/h4-7,12-13,23H,8-11,14H2,1-3H3,(H,22,25). The summed E-state index contributed by atoms with van der Waals surface area (Å²) in [4.78, 5) is 13.9. The van der Waals surface area contributed by atoms with Crippen molar-refractivity contribution in [3.05, 3.63) is 53.1 Å². The van der Waals surface area contributed by atoms with Gasteiger partial charge in [-0.2, -0.15) is 0 Å². The number of fused-ring (bicyclic) bond motifs is 1. The highest BCUT2D eigenvalue weighted by Crippen LogP contribution is 2.33. The minimum absolute atomic E-state index is 0.135. The molecule has 3 rings (SSSR count). The highest BCUT2D eigenvalue weighted by Gasteiger charge is 2.20. The maximum absolute atomic E-state index is 12.5. The molecule has 0 unspecified atom stereocenters. The molecule has 1 amide bonds. The van der Waals surface area contributed by atoms with Gasteiger partial charge in [0.1, 0.15) is 0 Å². The van der Waals surface area contributed by atoms with Gasteiger partial charge in [-0.05, 0) is 53.9 Å². The summed E-state index contributed by atoms with van der Waals surface area (Å²) in [5, 5.41) is 2.51. The van der Waals surface area contributed by atoms with Crippen molar-refractivity contribution in [1.82, 2.24) is 14.9 Å². The van der Waals surface area contributed by atoms with Gasteiger partial charge in [-0.1, -0.05) is 0 Å². The number of carbonyl (C=O) groups excluding carboxylic acids is 1. The number of carbonyl (C=O) groups is 1. The van der Waals surface area contributed by atoms with E-state index in [1.165, 1.54) is 36.9 Å². The van der Waals surface area contributed by atoms with Crippen molar-refractivity contribution in [1.29, 1.82) is 0 Å². The number of nitrogens with one attached hydrogen (secondary N) is 2. The first kappa shape index (κ1) is 22.1. The van der Waals surface area contributed by atoms with Crippen molar-refractivity contribution < 1.29 is 22.7 Å². The molecule has 0 radical (unpaired) electrons. The summed E-state index contributed by atoms with van der Waals surface area (Å²) >= 11 is 0. The Morgan fingerprint density at radius 2 is 1.70 bits per heavy atom. The van der Waals surface area contributed by atoms with Gasteiger partial charge >= 0.3 is 0 Å². The van der Waals surface area contributed by atoms with Crippen LogP contribution in [0, 0.1) is 0 Å². The normalized spacial score (nSPS) is 14.1. The quantitative estimate of drug-likeness (QED) is 0.653. The number of rotatable bonds is 8. The third-order valence-corrected chi connectivity index (χ3v) is 6.65. The van der Waals surface area contributed by atoms with Gasteiger partial charge in [0.2, 0.25) is 10.0 Å². The van der Waals surface area contributed by atoms with Gasteiger partial charge in [0.15, 0.2) is 11.5 Å². The van der Waals surface area contributed by atoms with Crippen molar-refractivity contribution in [2.75, 3.05) is 40.9 Å². The monoisotopic (exact) mass is 433 g/mol. The Hall–Kier alpha value is -2.62. The summed E-state index contributed by atoms with van der Waals surface area (Å²) in [6.45, 7) is 2.44. The van der Waals surface area contributed by atoms with E-state index in [9.17, 15) is 13.2 Å². The van der Waals surface area contributed by atoms with Crippen molar-refractivity contribution >= 4 is 15.9 Å². The maximum Gasteiger partial charge on any atom is 0.251 e. The number of methoxy groups -OCH3 is 2. The Morgan fingerprint density at radius 3 is 2.30 bits per heavy atom. The molecule has 0 spiro atoms. The van der Waals surface area contributed by atoms with E-state index < -0.39 is 10.0 Å². The molecule has 0 saturated heterocycles. The van der Waals surface area contributed by atoms with E-state index in [4.69, 9.17) is 9.47 Å². The SMILES string of the molecule is CNC(=O)c1ccc(S(=O)(=O)NCCN2CCc3cc(OC)c(OC)cc3C2)cc1. The predicted octanol–water partition coefficient (Wildman–Crippen LogP) is 1.40. The molecule has 0 bridgehead atoms. The molecule has 8 nitrogen and oxygen atoms in total. The van der Waals surface area contributed by atoms with E-state index >= 15 is 0 Å². The van der Waals surface area contributed by atoms with Crippen LogP contribution in [0.15, 0.2) is 41.3 Å². The van der Waals surface area contributed by atoms with Crippen LogP contribution < -0.4 is 19.5 Å². The molecule has 1 heterocycles. The van der Waals surface area contributed by atoms with Crippen LogP contribution in [0.5, 0.6) is 11.5 Å². The van der Waals surface area contributed by atoms with Gasteiger partial charge < -0.3 is 14.8 Å². The zero-order chi connectivity index (χ0) is 21.7. The van der Waals surface area contributed by atoms with Crippen molar-refractivity contribution in [3.63, 3.8) is 0 Å². The number of nitrogens with zero attached hydrogens (tertiary/aromatic N) is 1. The number of sulfonamides is 1. The van der Waals surface area contributed by atoms with Crippen LogP contribution in [0.3, 0.4) is 0 Å². The molecule has 1 aliphatic rings. The highest BCUT2D eigenvalue weighted by atomic mass is 32.2. The summed E-state index contributed by atoms with van der Waals surface area (Å²) in [5.74, 6) is 1.16. The Labute approximate surface area is 177 Å². The number of hydrogen-bond donors (Lipinski definition) is 2. The van der Waals surface area contributed by atoms with Gasteiger partial charge in [0, 0.05) is 38.8 Å². The summed E-state index contributed by atoms with van der Waals surface area (Å²) in [5.41, 5.74) is 2.79. The zero-order valence-corrected chi connectivity index (χ0v) is 18.2. The molecule has 0 aliphatic carbocycles. The molecule has 2 aromatic carbocycles. The average Bonchev–Trinajstić information content (AvgIpc) is 2.77. The molecule has 30 heavy (non-hydrogen) atoms. The number of benzene rings is 2. The van der Waals surface area contributed by atoms with E-state index in [1.807, 2.05) is 12.1 Å². The first-order chi connectivity index (χ1) is 14.4. The second-order valence-corrected chi connectivity index (χ2v) is 8.77. The number of ether oxygens (including phenoxy) is 2. The van der Waals surface area contributed by atoms with Crippen LogP contribution in [0.25, 0.3) is 0 Å². The zero-order valence-electron chi connectivity index (χ0n) is 17.4. The van der Waals surface area contributed by atoms with Crippen molar-refractivity contribution in [2.24, 2.45) is 0 Å². The Balaban J connectivity index is 1.58. The molecule has 0 fully saturated rings. The second-order valence-electron chi connectivity index (χ2n) is 7.00. The van der Waals surface area contributed by atoms with Crippen LogP contribution in [0.1, 0.15) is 21.5 Å². The van der Waals surface area contributed by atoms with E-state index in [-0.39, 0.29) is 10.8 Å². The van der Waals surface area contributed by atoms with E-state index in [2.05, 4.69) is 14.9 Å². The predicted molar refractivity (Wildman–Crippen MR) is 114 cm³/mol. The molecule has 1 aliphatic heterocycles. The van der Waals surface area contributed by atoms with E-state index in [0.29, 0.717) is 24.4 Å². The third kappa shape index (κ3) is 4.92. The number of hydrogen-bond acceptors (Lipinski definition) is 6. The first-order valence-electron chi connectivity index (χ1n) is 9.66. The van der Waals surface area contributed by atoms with Crippen LogP contribution in [0.2, 0.25) is 0 Å². The van der Waals surface area contributed by atoms with Crippen molar-refractivity contribution in [2.45, 2.75) is 17.9 Å². The minimum Gasteiger partial charge on any atom is -0.493 e. The fourth-order valence-electron chi connectivity index (χ4n) is 3.48. The van der Waals surface area contributed by atoms with E-state index in [1.54, 1.807) is 14.2 Å². The Kier molecular flexibility index (Phi) is 6.96. The maximum atomic E-state index is 12.5. The average molecular weight is 434 g/mol. The molecule has 9 heteroatoms. The van der Waals surface area contributed by atoms with Crippen LogP contribution >= 0.6 is 0 Å². The summed E-state index contributed by atoms with van der Waals surface area (Å²) in [6.07, 6.45) is 0.864. The summed E-state index contributed by atoms with van der Waals surface area (Å²) < 4.78 is 38.4. The minimum atomic E-state index is -3.64. The molecule has 0 saturated carbocycles. The fourth-order valence-corrected chi connectivity index (χ4v) is 4.50. The van der Waals surface area contributed by atoms with Gasteiger partial charge in [-0.15, -0.1) is 0 Å². The molecular formula is C21H27N3O5S. The fraction of sp³-hybridized carbons (Fsp3) is 0.381. The highest BCUT2D eigenvalue weighted by molar-refractivity contribution is 7.89. The van der Waals surface area contributed by atoms with Crippen LogP contribution in [-0.4, -0.2) is 60.1 Å². The lowest BCUT2D eigenvalue weighted by Crippen LogP contribution is -2.37. The smallest absolute Gasteiger partial charge is 0.251 e. The lowest BCUT2D eigenvalue weighted by Gasteiger charge is -2.29. The van der Waals surface area contributed by atoms with Crippen LogP contribution in [-0.2, 0) is 23.0 Å². The molecule has 162 valence electrons. The third-order valence-electron chi connectivity index (χ3n) is 5.17. The second kappa shape index (κ2) is 9.46. The van der Waals surface area contributed by atoms with Gasteiger partial charge in [-0.3, -0.25) is 9.69 Å². The Morgan fingerprint density at radius 1 is 1.07 bits per heavy atom. The lowest BCUT2D eigenvalue weighted by molar-refractivity contribution is 0.0963. The number of amides is 1. The van der Waals surface area contributed by atoms with Gasteiger partial charge in [0.25, 0.3) is 5.91 Å². The van der Waals surface area contributed by atoms with Crippen LogP contribution in [0.4, 0.5) is 0 Å². The van der Waals surface area contributed by atoms with Gasteiger partial charge in [-0.25, -0.2) is 13.1 Å². The lowest BCUT2D eigenvalue weighted by atomic mass is 9.99. The van der Waals surface area contributed by atoms with Crippen molar-refractivity contribution in [3.8, 4) is 11.5 Å². The molecular weight excluding hydrogens is 406 g/mol. The topological polar surface area (TPSA) is 97.0 Å². The first-order valence-corrected chi connectivity index (χ1v) is 11.1.